The van der Waals surface area contributed by atoms with Crippen LogP contribution >= 0.6 is 0 Å². The first kappa shape index (κ1) is 26.1. The van der Waals surface area contributed by atoms with Crippen LogP contribution in [0.4, 0.5) is 10.5 Å². The van der Waals surface area contributed by atoms with Gasteiger partial charge in [0.05, 0.1) is 12.1 Å². The third-order valence-corrected chi connectivity index (χ3v) is 8.74. The maximum absolute atomic E-state index is 13.8. The van der Waals surface area contributed by atoms with E-state index in [1.165, 1.54) is 24.1 Å². The second-order valence-electron chi connectivity index (χ2n) is 9.34. The van der Waals surface area contributed by atoms with Crippen molar-refractivity contribution in [3.63, 3.8) is 0 Å². The molecule has 0 saturated carbocycles. The number of carbonyl (C=O) groups excluding carboxylic acids is 2. The van der Waals surface area contributed by atoms with Gasteiger partial charge in [-0.3, -0.25) is 9.78 Å². The van der Waals surface area contributed by atoms with Crippen LogP contribution in [0.3, 0.4) is 0 Å². The first-order valence-electron chi connectivity index (χ1n) is 12.2. The quantitative estimate of drug-likeness (QED) is 0.378. The number of nitrogens with one attached hydrogen (secondary N) is 1. The van der Waals surface area contributed by atoms with Gasteiger partial charge in [-0.25, -0.2) is 13.2 Å². The Hall–Kier alpha value is -4.48. The van der Waals surface area contributed by atoms with Gasteiger partial charge in [0, 0.05) is 30.4 Å². The first-order valence-corrected chi connectivity index (χ1v) is 13.7. The zero-order valence-electron chi connectivity index (χ0n) is 21.2. The van der Waals surface area contributed by atoms with Crippen molar-refractivity contribution < 1.29 is 22.7 Å². The molecule has 11 heteroatoms. The minimum atomic E-state index is -4.18. The molecule has 3 amide bonds. The number of amides is 3. The van der Waals surface area contributed by atoms with Crippen LogP contribution < -0.4 is 15.8 Å². The number of sulfonamides is 1. The number of primary amides is 1. The van der Waals surface area contributed by atoms with Crippen molar-refractivity contribution in [2.75, 3.05) is 25.0 Å². The Morgan fingerprint density at radius 2 is 1.62 bits per heavy atom. The van der Waals surface area contributed by atoms with E-state index >= 15 is 0 Å². The van der Waals surface area contributed by atoms with E-state index in [0.717, 1.165) is 4.31 Å². The van der Waals surface area contributed by atoms with Crippen LogP contribution in [0, 0.1) is 0 Å². The molecule has 0 aliphatic carbocycles. The van der Waals surface area contributed by atoms with Crippen LogP contribution in [0.2, 0.25) is 0 Å². The number of hydrogen-bond acceptors (Lipinski definition) is 6. The molecule has 3 aromatic carbocycles. The number of rotatable bonds is 6. The van der Waals surface area contributed by atoms with Gasteiger partial charge in [-0.05, 0) is 55.5 Å². The van der Waals surface area contributed by atoms with E-state index in [1.54, 1.807) is 48.5 Å². The smallest absolute Gasteiger partial charge is 0.321 e. The summed E-state index contributed by atoms with van der Waals surface area (Å²) in [5, 5.41) is 3.44. The second kappa shape index (κ2) is 10.4. The van der Waals surface area contributed by atoms with E-state index in [1.807, 2.05) is 30.3 Å². The van der Waals surface area contributed by atoms with E-state index in [0.29, 0.717) is 28.1 Å². The summed E-state index contributed by atoms with van der Waals surface area (Å²) in [5.74, 6) is 0.425. The summed E-state index contributed by atoms with van der Waals surface area (Å²) < 4.78 is 34.4. The fraction of sp³-hybridized carbons (Fsp3) is 0.179. The number of fused-ring (bicyclic) bond motifs is 1. The zero-order valence-corrected chi connectivity index (χ0v) is 22.0. The zero-order chi connectivity index (χ0) is 27.6. The number of aromatic nitrogens is 1. The fourth-order valence-electron chi connectivity index (χ4n) is 4.58. The molecule has 1 unspecified atom stereocenters. The lowest BCUT2D eigenvalue weighted by molar-refractivity contribution is -0.128. The number of nitrogens with zero attached hydrogens (tertiary/aromatic N) is 3. The van der Waals surface area contributed by atoms with Crippen LogP contribution in [0.25, 0.3) is 10.9 Å². The number of nitrogens with two attached hydrogens (primary N) is 1. The molecule has 0 spiro atoms. The van der Waals surface area contributed by atoms with Crippen molar-refractivity contribution in [3.05, 3.63) is 91.1 Å². The van der Waals surface area contributed by atoms with Crippen molar-refractivity contribution >= 4 is 38.6 Å². The van der Waals surface area contributed by atoms with Gasteiger partial charge in [0.1, 0.15) is 21.9 Å². The standard InChI is InChI=1S/C28H27N5O5S/c1-28(26(29)34)19-32(27(35)31-21-12-14-23(15-13-21)38-22-9-3-2-4-10-22)17-18-33(28)39(36,37)24-11-5-7-20-8-6-16-30-25(20)24/h2-16H,17-19H2,1H3,(H2,29,34)(H,31,35). The average Bonchev–Trinajstić information content (AvgIpc) is 2.94. The number of hydrogen-bond donors (Lipinski definition) is 2. The molecule has 4 aromatic rings. The van der Waals surface area contributed by atoms with Gasteiger partial charge >= 0.3 is 6.03 Å². The third-order valence-electron chi connectivity index (χ3n) is 6.69. The van der Waals surface area contributed by atoms with Crippen molar-refractivity contribution in [3.8, 4) is 11.5 Å². The number of carbonyl (C=O) groups is 2. The van der Waals surface area contributed by atoms with E-state index in [4.69, 9.17) is 10.5 Å². The molecule has 3 N–H and O–H groups in total. The molecule has 0 bridgehead atoms. The largest absolute Gasteiger partial charge is 0.457 e. The number of anilines is 1. The second-order valence-corrected chi connectivity index (χ2v) is 11.2. The molecular formula is C28H27N5O5S. The maximum Gasteiger partial charge on any atom is 0.321 e. The lowest BCUT2D eigenvalue weighted by Crippen LogP contribution is -2.68. The normalized spacial score (nSPS) is 18.0. The summed E-state index contributed by atoms with van der Waals surface area (Å²) in [6, 6.07) is 24.0. The van der Waals surface area contributed by atoms with E-state index < -0.39 is 27.5 Å². The number of ether oxygens (including phenoxy) is 1. The van der Waals surface area contributed by atoms with Gasteiger partial charge in [-0.2, -0.15) is 4.31 Å². The minimum Gasteiger partial charge on any atom is -0.457 e. The highest BCUT2D eigenvalue weighted by molar-refractivity contribution is 7.89. The topological polar surface area (TPSA) is 135 Å². The SMILES string of the molecule is CC1(C(N)=O)CN(C(=O)Nc2ccc(Oc3ccccc3)cc2)CCN1S(=O)(=O)c1cccc2cccnc12. The van der Waals surface area contributed by atoms with Gasteiger partial charge in [0.15, 0.2) is 0 Å². The Morgan fingerprint density at radius 3 is 2.33 bits per heavy atom. The highest BCUT2D eigenvalue weighted by Gasteiger charge is 2.50. The summed E-state index contributed by atoms with van der Waals surface area (Å²) in [7, 11) is -4.18. The molecule has 1 atom stereocenters. The molecule has 10 nitrogen and oxygen atoms in total. The number of pyridine rings is 1. The van der Waals surface area contributed by atoms with Gasteiger partial charge in [0.2, 0.25) is 15.9 Å². The molecule has 1 fully saturated rings. The van der Waals surface area contributed by atoms with Crippen LogP contribution in [-0.4, -0.2) is 59.7 Å². The van der Waals surface area contributed by atoms with Crippen molar-refractivity contribution in [1.29, 1.82) is 0 Å². The number of piperazine rings is 1. The molecule has 1 aliphatic heterocycles. The van der Waals surface area contributed by atoms with Gasteiger partial charge in [0.25, 0.3) is 0 Å². The Labute approximate surface area is 226 Å². The van der Waals surface area contributed by atoms with E-state index in [-0.39, 0.29) is 24.5 Å². The van der Waals surface area contributed by atoms with Crippen LogP contribution in [0.5, 0.6) is 11.5 Å². The number of benzene rings is 3. The summed E-state index contributed by atoms with van der Waals surface area (Å²) in [6.45, 7) is 1.14. The van der Waals surface area contributed by atoms with Crippen molar-refractivity contribution in [1.82, 2.24) is 14.2 Å². The average molecular weight is 546 g/mol. The Balaban J connectivity index is 1.33. The van der Waals surface area contributed by atoms with Crippen molar-refractivity contribution in [2.45, 2.75) is 17.4 Å². The molecule has 2 heterocycles. The number of para-hydroxylation sites is 2. The summed E-state index contributed by atoms with van der Waals surface area (Å²) in [5.41, 5.74) is 4.87. The summed E-state index contributed by atoms with van der Waals surface area (Å²) in [6.07, 6.45) is 1.51. The third kappa shape index (κ3) is 5.14. The van der Waals surface area contributed by atoms with Gasteiger partial charge < -0.3 is 20.7 Å². The molecule has 1 aromatic heterocycles. The molecule has 200 valence electrons. The fourth-order valence-corrected chi connectivity index (χ4v) is 6.49. The van der Waals surface area contributed by atoms with E-state index in [2.05, 4.69) is 10.3 Å². The monoisotopic (exact) mass is 545 g/mol. The molecule has 5 rings (SSSR count). The number of urea groups is 1. The molecular weight excluding hydrogens is 518 g/mol. The maximum atomic E-state index is 13.8. The van der Waals surface area contributed by atoms with Crippen LogP contribution in [0.15, 0.2) is 96.0 Å². The molecule has 0 radical (unpaired) electrons. The van der Waals surface area contributed by atoms with Crippen molar-refractivity contribution in [2.24, 2.45) is 5.73 Å². The van der Waals surface area contributed by atoms with Crippen LogP contribution in [-0.2, 0) is 14.8 Å². The molecule has 1 aliphatic rings. The Bertz CT molecular complexity index is 1620. The minimum absolute atomic E-state index is 0.0243. The summed E-state index contributed by atoms with van der Waals surface area (Å²) in [4.78, 5) is 31.4. The Morgan fingerprint density at radius 1 is 0.923 bits per heavy atom. The van der Waals surface area contributed by atoms with Gasteiger partial charge in [-0.15, -0.1) is 0 Å². The van der Waals surface area contributed by atoms with E-state index in [9.17, 15) is 18.0 Å². The summed E-state index contributed by atoms with van der Waals surface area (Å²) >= 11 is 0. The highest BCUT2D eigenvalue weighted by atomic mass is 32.2. The molecule has 39 heavy (non-hydrogen) atoms. The van der Waals surface area contributed by atoms with Crippen LogP contribution in [0.1, 0.15) is 6.92 Å². The predicted molar refractivity (Wildman–Crippen MR) is 147 cm³/mol. The lowest BCUT2D eigenvalue weighted by Gasteiger charge is -2.45. The van der Waals surface area contributed by atoms with Gasteiger partial charge in [-0.1, -0.05) is 36.4 Å². The Kier molecular flexibility index (Phi) is 6.94. The first-order chi connectivity index (χ1) is 18.7. The molecule has 1 saturated heterocycles. The lowest BCUT2D eigenvalue weighted by atomic mass is 9.98. The predicted octanol–water partition coefficient (Wildman–Crippen LogP) is 3.81. The highest BCUT2D eigenvalue weighted by Crippen LogP contribution is 2.32.